The van der Waals surface area contributed by atoms with Gasteiger partial charge in [0, 0.05) is 44.3 Å². The highest BCUT2D eigenvalue weighted by molar-refractivity contribution is 5.68. The average Bonchev–Trinajstić information content (AvgIpc) is 3.44. The van der Waals surface area contributed by atoms with E-state index in [-0.39, 0.29) is 12.4 Å². The Balaban J connectivity index is 1.38. The monoisotopic (exact) mass is 447 g/mol. The number of aromatic nitrogens is 2. The van der Waals surface area contributed by atoms with E-state index in [1.807, 2.05) is 25.7 Å². The van der Waals surface area contributed by atoms with Crippen molar-refractivity contribution in [1.82, 2.24) is 14.5 Å². The van der Waals surface area contributed by atoms with Crippen LogP contribution >= 0.6 is 0 Å². The van der Waals surface area contributed by atoms with Crippen LogP contribution in [-0.2, 0) is 20.8 Å². The molecule has 180 valence electrons. The fraction of sp³-hybridized carbons (Fsp3) is 0.840. The van der Waals surface area contributed by atoms with Crippen molar-refractivity contribution in [3.8, 4) is 0 Å². The van der Waals surface area contributed by atoms with Gasteiger partial charge in [-0.1, -0.05) is 12.8 Å². The highest BCUT2D eigenvalue weighted by Crippen LogP contribution is 2.36. The Kier molecular flexibility index (Phi) is 7.77. The lowest BCUT2D eigenvalue weighted by Gasteiger charge is -2.33. The van der Waals surface area contributed by atoms with Gasteiger partial charge in [0.1, 0.15) is 11.4 Å². The molecule has 32 heavy (non-hydrogen) atoms. The SMILES string of the molecule is CC(C)(C)OC(=O)N1CCC(c2nc(C3CCCC3)cn2CCOC2CCCCO2)CC1. The van der Waals surface area contributed by atoms with Crippen LogP contribution in [0.1, 0.15) is 102 Å². The minimum atomic E-state index is -0.456. The molecule has 1 amide bonds. The largest absolute Gasteiger partial charge is 0.444 e. The molecule has 1 saturated carbocycles. The molecule has 0 aromatic carbocycles. The predicted octanol–water partition coefficient (Wildman–Crippen LogP) is 5.20. The molecule has 3 heterocycles. The van der Waals surface area contributed by atoms with Gasteiger partial charge in [0.2, 0.25) is 0 Å². The first-order valence-electron chi connectivity index (χ1n) is 12.7. The van der Waals surface area contributed by atoms with Crippen molar-refractivity contribution in [3.05, 3.63) is 17.7 Å². The van der Waals surface area contributed by atoms with E-state index in [1.165, 1.54) is 43.6 Å². The van der Waals surface area contributed by atoms with Crippen LogP contribution in [0.4, 0.5) is 4.79 Å². The summed E-state index contributed by atoms with van der Waals surface area (Å²) in [7, 11) is 0. The van der Waals surface area contributed by atoms with Gasteiger partial charge in [0.15, 0.2) is 6.29 Å². The van der Waals surface area contributed by atoms with Crippen LogP contribution in [0.3, 0.4) is 0 Å². The van der Waals surface area contributed by atoms with Gasteiger partial charge in [-0.15, -0.1) is 0 Å². The predicted molar refractivity (Wildman–Crippen MR) is 123 cm³/mol. The molecule has 3 fully saturated rings. The highest BCUT2D eigenvalue weighted by Gasteiger charge is 2.31. The van der Waals surface area contributed by atoms with E-state index < -0.39 is 5.60 Å². The Morgan fingerprint density at radius 2 is 1.78 bits per heavy atom. The van der Waals surface area contributed by atoms with Gasteiger partial charge >= 0.3 is 6.09 Å². The number of rotatable bonds is 6. The number of nitrogens with zero attached hydrogens (tertiary/aromatic N) is 3. The average molecular weight is 448 g/mol. The molecule has 4 rings (SSSR count). The zero-order valence-electron chi connectivity index (χ0n) is 20.2. The summed E-state index contributed by atoms with van der Waals surface area (Å²) in [6, 6.07) is 0. The first-order valence-corrected chi connectivity index (χ1v) is 12.7. The molecule has 3 aliphatic rings. The summed E-state index contributed by atoms with van der Waals surface area (Å²) in [5.41, 5.74) is 0.795. The molecule has 0 spiro atoms. The quantitative estimate of drug-likeness (QED) is 0.600. The Hall–Kier alpha value is -1.60. The zero-order chi connectivity index (χ0) is 22.6. The third kappa shape index (κ3) is 6.25. The summed E-state index contributed by atoms with van der Waals surface area (Å²) >= 11 is 0. The number of piperidine rings is 1. The highest BCUT2D eigenvalue weighted by atomic mass is 16.7. The summed E-state index contributed by atoms with van der Waals surface area (Å²) in [4.78, 5) is 19.4. The van der Waals surface area contributed by atoms with Crippen LogP contribution in [0.2, 0.25) is 0 Å². The second-order valence-electron chi connectivity index (χ2n) is 10.6. The lowest BCUT2D eigenvalue weighted by molar-refractivity contribution is -0.163. The van der Waals surface area contributed by atoms with Gasteiger partial charge < -0.3 is 23.7 Å². The van der Waals surface area contributed by atoms with E-state index in [1.54, 1.807) is 0 Å². The van der Waals surface area contributed by atoms with E-state index in [0.717, 1.165) is 51.9 Å². The molecule has 1 atom stereocenters. The van der Waals surface area contributed by atoms with Crippen LogP contribution in [0.5, 0.6) is 0 Å². The number of hydrogen-bond acceptors (Lipinski definition) is 5. The maximum atomic E-state index is 12.4. The topological polar surface area (TPSA) is 65.8 Å². The van der Waals surface area contributed by atoms with Crippen molar-refractivity contribution in [2.45, 2.75) is 109 Å². The summed E-state index contributed by atoms with van der Waals surface area (Å²) in [6.07, 6.45) is 12.3. The van der Waals surface area contributed by atoms with Crippen molar-refractivity contribution >= 4 is 6.09 Å². The van der Waals surface area contributed by atoms with E-state index >= 15 is 0 Å². The number of carbonyl (C=O) groups is 1. The smallest absolute Gasteiger partial charge is 0.410 e. The third-order valence-electron chi connectivity index (χ3n) is 6.89. The van der Waals surface area contributed by atoms with Crippen LogP contribution in [0.15, 0.2) is 6.20 Å². The summed E-state index contributed by atoms with van der Waals surface area (Å²) in [5, 5.41) is 0. The van der Waals surface area contributed by atoms with Gasteiger partial charge in [-0.3, -0.25) is 0 Å². The zero-order valence-corrected chi connectivity index (χ0v) is 20.2. The molecule has 1 aromatic heterocycles. The summed E-state index contributed by atoms with van der Waals surface area (Å²) < 4.78 is 19.6. The van der Waals surface area contributed by atoms with Gasteiger partial charge in [-0.2, -0.15) is 0 Å². The fourth-order valence-corrected chi connectivity index (χ4v) is 5.15. The minimum absolute atomic E-state index is 0.0536. The molecule has 1 aromatic rings. The Labute approximate surface area is 192 Å². The van der Waals surface area contributed by atoms with E-state index in [0.29, 0.717) is 18.4 Å². The number of imidazole rings is 1. The van der Waals surface area contributed by atoms with E-state index in [9.17, 15) is 4.79 Å². The molecule has 2 saturated heterocycles. The lowest BCUT2D eigenvalue weighted by Crippen LogP contribution is -2.41. The molecular formula is C25H41N3O4. The number of carbonyl (C=O) groups excluding carboxylic acids is 1. The van der Waals surface area contributed by atoms with Gasteiger partial charge in [0.05, 0.1) is 12.3 Å². The third-order valence-corrected chi connectivity index (χ3v) is 6.89. The van der Waals surface area contributed by atoms with Crippen LogP contribution < -0.4 is 0 Å². The van der Waals surface area contributed by atoms with Crippen LogP contribution in [-0.4, -0.2) is 58.7 Å². The number of amides is 1. The van der Waals surface area contributed by atoms with Crippen molar-refractivity contribution in [3.63, 3.8) is 0 Å². The first kappa shape index (κ1) is 23.6. The Morgan fingerprint density at radius 3 is 2.44 bits per heavy atom. The van der Waals surface area contributed by atoms with Crippen molar-refractivity contribution in [2.24, 2.45) is 0 Å². The first-order chi connectivity index (χ1) is 15.4. The standard InChI is InChI=1S/C25H41N3O4/c1-25(2,3)32-24(29)27-13-11-20(12-14-27)23-26-21(19-8-4-5-9-19)18-28(23)15-17-31-22-10-6-7-16-30-22/h18-20,22H,4-17H2,1-3H3. The van der Waals surface area contributed by atoms with Crippen LogP contribution in [0.25, 0.3) is 0 Å². The van der Waals surface area contributed by atoms with Gasteiger partial charge in [0.25, 0.3) is 0 Å². The number of likely N-dealkylation sites (tertiary alicyclic amines) is 1. The minimum Gasteiger partial charge on any atom is -0.444 e. The molecule has 0 bridgehead atoms. The normalized spacial score (nSPS) is 23.6. The number of hydrogen-bond donors (Lipinski definition) is 0. The lowest BCUT2D eigenvalue weighted by atomic mass is 9.96. The molecule has 7 heteroatoms. The second kappa shape index (κ2) is 10.6. The van der Waals surface area contributed by atoms with Gasteiger partial charge in [-0.25, -0.2) is 9.78 Å². The summed E-state index contributed by atoms with van der Waals surface area (Å²) in [6.45, 7) is 9.45. The van der Waals surface area contributed by atoms with Gasteiger partial charge in [-0.05, 0) is 65.7 Å². The van der Waals surface area contributed by atoms with Crippen LogP contribution in [0, 0.1) is 0 Å². The summed E-state index contributed by atoms with van der Waals surface area (Å²) in [5.74, 6) is 2.14. The number of ether oxygens (including phenoxy) is 3. The maximum Gasteiger partial charge on any atom is 0.410 e. The second-order valence-corrected chi connectivity index (χ2v) is 10.6. The Morgan fingerprint density at radius 1 is 1.06 bits per heavy atom. The van der Waals surface area contributed by atoms with E-state index in [2.05, 4.69) is 10.8 Å². The van der Waals surface area contributed by atoms with Crippen molar-refractivity contribution < 1.29 is 19.0 Å². The van der Waals surface area contributed by atoms with Crippen molar-refractivity contribution in [1.29, 1.82) is 0 Å². The molecule has 1 unspecified atom stereocenters. The molecule has 2 aliphatic heterocycles. The molecular weight excluding hydrogens is 406 g/mol. The molecule has 0 N–H and O–H groups in total. The maximum absolute atomic E-state index is 12.4. The fourth-order valence-electron chi connectivity index (χ4n) is 5.15. The molecule has 7 nitrogen and oxygen atoms in total. The Bertz CT molecular complexity index is 737. The van der Waals surface area contributed by atoms with E-state index in [4.69, 9.17) is 19.2 Å². The molecule has 0 radical (unpaired) electrons. The van der Waals surface area contributed by atoms with Crippen molar-refractivity contribution in [2.75, 3.05) is 26.3 Å². The molecule has 1 aliphatic carbocycles.